The number of halogens is 1. The molecule has 1 aliphatic carbocycles. The molecule has 1 heterocycles. The Bertz CT molecular complexity index is 571. The van der Waals surface area contributed by atoms with E-state index in [0.717, 1.165) is 56.2 Å². The van der Waals surface area contributed by atoms with Crippen LogP contribution in [0.3, 0.4) is 0 Å². The maximum atomic E-state index is 11.8. The minimum Gasteiger partial charge on any atom is -0.466 e. The second kappa shape index (κ2) is 12.5. The highest BCUT2D eigenvalue weighted by atomic mass is 127. The summed E-state index contributed by atoms with van der Waals surface area (Å²) in [6.07, 6.45) is 6.49. The van der Waals surface area contributed by atoms with Gasteiger partial charge in [-0.3, -0.25) is 9.79 Å². The van der Waals surface area contributed by atoms with Crippen molar-refractivity contribution in [1.29, 1.82) is 0 Å². The van der Waals surface area contributed by atoms with Gasteiger partial charge >= 0.3 is 5.97 Å². The number of carbonyl (C=O) groups excluding carboxylic acids is 1. The van der Waals surface area contributed by atoms with E-state index in [1.54, 1.807) is 11.3 Å². The number of aromatic nitrogens is 1. The number of hydrogen-bond donors (Lipinski definition) is 2. The van der Waals surface area contributed by atoms with Gasteiger partial charge in [-0.1, -0.05) is 0 Å². The maximum absolute atomic E-state index is 11.8. The standard InChI is InChI=1S/C18H30N4O2S.HI/c1-4-19-18(20-11-10-16-21-12-13(3)25-16)22-15-8-6-14(7-9-15)17(23)24-5-2;/h12,14-15H,4-11H2,1-3H3,(H2,19,20,22);1H. The van der Waals surface area contributed by atoms with Crippen molar-refractivity contribution in [2.75, 3.05) is 19.7 Å². The molecular weight excluding hydrogens is 463 g/mol. The number of aryl methyl sites for hydroxylation is 1. The zero-order valence-electron chi connectivity index (χ0n) is 15.9. The molecule has 2 N–H and O–H groups in total. The predicted octanol–water partition coefficient (Wildman–Crippen LogP) is 3.29. The molecule has 0 radical (unpaired) electrons. The summed E-state index contributed by atoms with van der Waals surface area (Å²) < 4.78 is 5.13. The molecule has 0 unspecified atom stereocenters. The van der Waals surface area contributed by atoms with Crippen molar-refractivity contribution in [3.63, 3.8) is 0 Å². The molecule has 2 rings (SSSR count). The van der Waals surface area contributed by atoms with Crippen LogP contribution in [0.1, 0.15) is 49.4 Å². The van der Waals surface area contributed by atoms with Gasteiger partial charge in [0.05, 0.1) is 17.5 Å². The number of thiazole rings is 1. The Labute approximate surface area is 177 Å². The predicted molar refractivity (Wildman–Crippen MR) is 117 cm³/mol. The van der Waals surface area contributed by atoms with Gasteiger partial charge in [0.1, 0.15) is 0 Å². The summed E-state index contributed by atoms with van der Waals surface area (Å²) in [5, 5.41) is 7.95. The van der Waals surface area contributed by atoms with E-state index in [-0.39, 0.29) is 35.9 Å². The summed E-state index contributed by atoms with van der Waals surface area (Å²) in [5.41, 5.74) is 0. The first-order valence-corrected chi connectivity index (χ1v) is 10.1. The second-order valence-electron chi connectivity index (χ2n) is 6.32. The first-order valence-electron chi connectivity index (χ1n) is 9.25. The lowest BCUT2D eigenvalue weighted by Gasteiger charge is -2.29. The van der Waals surface area contributed by atoms with Crippen LogP contribution in [-0.2, 0) is 16.0 Å². The smallest absolute Gasteiger partial charge is 0.308 e. The molecule has 0 atom stereocenters. The summed E-state index contributed by atoms with van der Waals surface area (Å²) in [6.45, 7) is 8.02. The SMILES string of the molecule is CCNC(=NCCc1ncc(C)s1)NC1CCC(C(=O)OCC)CC1.I. The van der Waals surface area contributed by atoms with Crippen LogP contribution in [0.4, 0.5) is 0 Å². The van der Waals surface area contributed by atoms with Gasteiger partial charge in [0.15, 0.2) is 5.96 Å². The molecule has 0 amide bonds. The molecule has 0 aliphatic heterocycles. The monoisotopic (exact) mass is 494 g/mol. The topological polar surface area (TPSA) is 75.6 Å². The Morgan fingerprint density at radius 2 is 2.08 bits per heavy atom. The maximum Gasteiger partial charge on any atom is 0.308 e. The second-order valence-corrected chi connectivity index (χ2v) is 7.64. The minimum atomic E-state index is -0.0414. The van der Waals surface area contributed by atoms with Crippen molar-refractivity contribution in [3.8, 4) is 0 Å². The van der Waals surface area contributed by atoms with E-state index in [0.29, 0.717) is 12.6 Å². The fourth-order valence-corrected chi connectivity index (χ4v) is 3.80. The fraction of sp³-hybridized carbons (Fsp3) is 0.722. The van der Waals surface area contributed by atoms with Gasteiger partial charge < -0.3 is 15.4 Å². The normalized spacial score (nSPS) is 20.2. The Morgan fingerprint density at radius 3 is 2.65 bits per heavy atom. The molecule has 148 valence electrons. The molecule has 1 saturated carbocycles. The van der Waals surface area contributed by atoms with Crippen LogP contribution in [0.2, 0.25) is 0 Å². The van der Waals surface area contributed by atoms with E-state index in [1.807, 2.05) is 13.1 Å². The number of hydrogen-bond acceptors (Lipinski definition) is 5. The number of ether oxygens (including phenoxy) is 1. The molecule has 26 heavy (non-hydrogen) atoms. The Hall–Kier alpha value is -0.900. The lowest BCUT2D eigenvalue weighted by molar-refractivity contribution is -0.149. The van der Waals surface area contributed by atoms with Crippen LogP contribution in [0.5, 0.6) is 0 Å². The number of nitrogens with zero attached hydrogens (tertiary/aromatic N) is 2. The quantitative estimate of drug-likeness (QED) is 0.263. The third-order valence-corrected chi connectivity index (χ3v) is 5.27. The van der Waals surface area contributed by atoms with E-state index in [9.17, 15) is 4.79 Å². The highest BCUT2D eigenvalue weighted by molar-refractivity contribution is 14.0. The first-order chi connectivity index (χ1) is 12.1. The van der Waals surface area contributed by atoms with E-state index < -0.39 is 0 Å². The Kier molecular flexibility index (Phi) is 11.1. The molecule has 1 aromatic heterocycles. The van der Waals surface area contributed by atoms with Gasteiger partial charge in [0, 0.05) is 36.6 Å². The van der Waals surface area contributed by atoms with E-state index in [1.165, 1.54) is 4.88 Å². The molecule has 0 aromatic carbocycles. The fourth-order valence-electron chi connectivity index (χ4n) is 3.03. The number of aliphatic imine (C=N–C) groups is 1. The van der Waals surface area contributed by atoms with Crippen molar-refractivity contribution in [1.82, 2.24) is 15.6 Å². The first kappa shape index (κ1) is 23.1. The number of carbonyl (C=O) groups is 1. The minimum absolute atomic E-state index is 0. The highest BCUT2D eigenvalue weighted by Crippen LogP contribution is 2.25. The largest absolute Gasteiger partial charge is 0.466 e. The Balaban J connectivity index is 0.00000338. The van der Waals surface area contributed by atoms with Gasteiger partial charge in [-0.25, -0.2) is 4.98 Å². The van der Waals surface area contributed by atoms with Crippen molar-refractivity contribution < 1.29 is 9.53 Å². The lowest BCUT2D eigenvalue weighted by Crippen LogP contribution is -2.45. The van der Waals surface area contributed by atoms with Crippen molar-refractivity contribution in [2.24, 2.45) is 10.9 Å². The molecule has 1 aliphatic rings. The van der Waals surface area contributed by atoms with Crippen molar-refractivity contribution in [3.05, 3.63) is 16.1 Å². The number of nitrogens with one attached hydrogen (secondary N) is 2. The van der Waals surface area contributed by atoms with E-state index in [4.69, 9.17) is 4.74 Å². The van der Waals surface area contributed by atoms with Gasteiger partial charge in [-0.15, -0.1) is 35.3 Å². The summed E-state index contributed by atoms with van der Waals surface area (Å²) in [4.78, 5) is 22.1. The zero-order chi connectivity index (χ0) is 18.1. The van der Waals surface area contributed by atoms with Gasteiger partial charge in [0.25, 0.3) is 0 Å². The van der Waals surface area contributed by atoms with Crippen LogP contribution in [0.25, 0.3) is 0 Å². The summed E-state index contributed by atoms with van der Waals surface area (Å²) in [6, 6.07) is 0.366. The molecule has 0 spiro atoms. The van der Waals surface area contributed by atoms with Crippen LogP contribution < -0.4 is 10.6 Å². The van der Waals surface area contributed by atoms with Crippen molar-refractivity contribution >= 4 is 47.2 Å². The molecule has 6 nitrogen and oxygen atoms in total. The van der Waals surface area contributed by atoms with Crippen LogP contribution in [-0.4, -0.2) is 42.7 Å². The van der Waals surface area contributed by atoms with Gasteiger partial charge in [-0.05, 0) is 46.5 Å². The third-order valence-electron chi connectivity index (χ3n) is 4.30. The van der Waals surface area contributed by atoms with E-state index >= 15 is 0 Å². The summed E-state index contributed by atoms with van der Waals surface area (Å²) >= 11 is 1.73. The van der Waals surface area contributed by atoms with Crippen molar-refractivity contribution in [2.45, 2.75) is 58.9 Å². The van der Waals surface area contributed by atoms with E-state index in [2.05, 4.69) is 34.5 Å². The molecule has 1 fully saturated rings. The number of guanidine groups is 1. The molecule has 0 saturated heterocycles. The number of esters is 1. The molecule has 8 heteroatoms. The Morgan fingerprint density at radius 1 is 1.35 bits per heavy atom. The zero-order valence-corrected chi connectivity index (χ0v) is 19.1. The third kappa shape index (κ3) is 7.77. The van der Waals surface area contributed by atoms with Crippen LogP contribution in [0.15, 0.2) is 11.2 Å². The van der Waals surface area contributed by atoms with Gasteiger partial charge in [0.2, 0.25) is 0 Å². The molecule has 0 bridgehead atoms. The van der Waals surface area contributed by atoms with Crippen LogP contribution >= 0.6 is 35.3 Å². The summed E-state index contributed by atoms with van der Waals surface area (Å²) in [7, 11) is 0. The average Bonchev–Trinajstić information content (AvgIpc) is 3.01. The van der Waals surface area contributed by atoms with Crippen LogP contribution in [0, 0.1) is 12.8 Å². The molecular formula is C18H31IN4O2S. The summed E-state index contributed by atoms with van der Waals surface area (Å²) in [5.74, 6) is 0.876. The highest BCUT2D eigenvalue weighted by Gasteiger charge is 2.27. The van der Waals surface area contributed by atoms with Gasteiger partial charge in [-0.2, -0.15) is 0 Å². The lowest BCUT2D eigenvalue weighted by atomic mass is 9.86. The molecule has 1 aromatic rings. The average molecular weight is 494 g/mol. The number of rotatable bonds is 7.